The summed E-state index contributed by atoms with van der Waals surface area (Å²) in [6.45, 7) is 3.79. The molecular formula is C20H18FNO5. The van der Waals surface area contributed by atoms with Crippen molar-refractivity contribution in [2.45, 2.75) is 6.04 Å². The molecule has 7 heteroatoms. The molecule has 0 spiro atoms. The third-order valence-electron chi connectivity index (χ3n) is 4.39. The van der Waals surface area contributed by atoms with Gasteiger partial charge in [0.25, 0.3) is 5.91 Å². The second kappa shape index (κ2) is 7.11. The van der Waals surface area contributed by atoms with E-state index in [2.05, 4.69) is 6.58 Å². The molecule has 1 heterocycles. The molecule has 3 rings (SSSR count). The molecule has 1 atom stereocenters. The van der Waals surface area contributed by atoms with E-state index in [1.807, 2.05) is 0 Å². The minimum atomic E-state index is -0.896. The van der Waals surface area contributed by atoms with Crippen LogP contribution in [0.25, 0.3) is 0 Å². The molecule has 0 aliphatic carbocycles. The maximum absolute atomic E-state index is 13.9. The molecule has 0 radical (unpaired) electrons. The standard InChI is InChI=1S/C20H18FNO5/c1-11-18(12-6-5-7-15(23)14(21)8-12)22(20(11)24)13-9-16(25-2)19(27-4)17(10-13)26-3/h5-10,18H,1H2,2-4H3. The van der Waals surface area contributed by atoms with Crippen molar-refractivity contribution in [2.75, 3.05) is 26.2 Å². The lowest BCUT2D eigenvalue weighted by molar-refractivity contribution is -0.118. The third kappa shape index (κ3) is 3.01. The number of rotatable bonds is 5. The van der Waals surface area contributed by atoms with Crippen LogP contribution in [-0.4, -0.2) is 27.2 Å². The van der Waals surface area contributed by atoms with Crippen LogP contribution in [0.4, 0.5) is 10.1 Å². The number of β-lactam (4-membered cyclic amide) rings is 1. The normalized spacial score (nSPS) is 16.0. The summed E-state index contributed by atoms with van der Waals surface area (Å²) in [6.07, 6.45) is 0. The molecule has 1 saturated heterocycles. The molecule has 6 nitrogen and oxygen atoms in total. The van der Waals surface area contributed by atoms with Crippen LogP contribution < -0.4 is 24.5 Å². The number of methoxy groups -OCH3 is 3. The first-order valence-corrected chi connectivity index (χ1v) is 8.05. The number of anilines is 1. The second-order valence-electron chi connectivity index (χ2n) is 5.87. The van der Waals surface area contributed by atoms with Crippen molar-refractivity contribution in [1.82, 2.24) is 0 Å². The first-order valence-electron chi connectivity index (χ1n) is 8.05. The van der Waals surface area contributed by atoms with Crippen molar-refractivity contribution in [3.63, 3.8) is 0 Å². The first-order chi connectivity index (χ1) is 12.9. The van der Waals surface area contributed by atoms with Gasteiger partial charge >= 0.3 is 0 Å². The molecule has 1 fully saturated rings. The SMILES string of the molecule is C=C1C(=O)N(c2cc(OC)c(OC)c(OC)c2)C1c1cccc(=O)c(F)c1. The van der Waals surface area contributed by atoms with Gasteiger partial charge in [-0.2, -0.15) is 0 Å². The van der Waals surface area contributed by atoms with Crippen molar-refractivity contribution < 1.29 is 23.4 Å². The van der Waals surface area contributed by atoms with Gasteiger partial charge in [-0.25, -0.2) is 4.39 Å². The largest absolute Gasteiger partial charge is 0.493 e. The van der Waals surface area contributed by atoms with E-state index < -0.39 is 17.3 Å². The molecule has 1 aliphatic heterocycles. The Kier molecular flexibility index (Phi) is 4.85. The maximum Gasteiger partial charge on any atom is 0.256 e. The highest BCUT2D eigenvalue weighted by molar-refractivity contribution is 6.15. The molecule has 0 N–H and O–H groups in total. The number of carbonyl (C=O) groups excluding carboxylic acids is 1. The molecule has 0 bridgehead atoms. The fourth-order valence-electron chi connectivity index (χ4n) is 3.06. The molecule has 1 unspecified atom stereocenters. The zero-order chi connectivity index (χ0) is 19.7. The van der Waals surface area contributed by atoms with Crippen LogP contribution in [0.5, 0.6) is 17.2 Å². The fraction of sp³-hybridized carbons (Fsp3) is 0.200. The summed E-state index contributed by atoms with van der Waals surface area (Å²) in [4.78, 5) is 25.4. The van der Waals surface area contributed by atoms with E-state index in [4.69, 9.17) is 14.2 Å². The highest BCUT2D eigenvalue weighted by Crippen LogP contribution is 2.47. The second-order valence-corrected chi connectivity index (χ2v) is 5.87. The summed E-state index contributed by atoms with van der Waals surface area (Å²) in [5.74, 6) is -0.0686. The van der Waals surface area contributed by atoms with Gasteiger partial charge in [-0.1, -0.05) is 18.7 Å². The third-order valence-corrected chi connectivity index (χ3v) is 4.39. The number of carbonyl (C=O) groups is 1. The first kappa shape index (κ1) is 18.4. The van der Waals surface area contributed by atoms with Crippen molar-refractivity contribution in [3.8, 4) is 17.2 Å². The van der Waals surface area contributed by atoms with Crippen LogP contribution in [0, 0.1) is 5.82 Å². The quantitative estimate of drug-likeness (QED) is 0.597. The summed E-state index contributed by atoms with van der Waals surface area (Å²) in [5.41, 5.74) is 0.479. The van der Waals surface area contributed by atoms with E-state index in [0.717, 1.165) is 12.1 Å². The molecule has 1 amide bonds. The van der Waals surface area contributed by atoms with Crippen LogP contribution in [0.3, 0.4) is 0 Å². The Bertz CT molecular complexity index is 963. The topological polar surface area (TPSA) is 65.1 Å². The van der Waals surface area contributed by atoms with Gasteiger partial charge in [-0.3, -0.25) is 14.5 Å². The minimum absolute atomic E-state index is 0.293. The van der Waals surface area contributed by atoms with E-state index in [-0.39, 0.29) is 5.91 Å². The summed E-state index contributed by atoms with van der Waals surface area (Å²) < 4.78 is 29.9. The van der Waals surface area contributed by atoms with Crippen LogP contribution in [0.1, 0.15) is 11.6 Å². The van der Waals surface area contributed by atoms with Gasteiger partial charge in [-0.05, 0) is 17.7 Å². The zero-order valence-electron chi connectivity index (χ0n) is 15.1. The smallest absolute Gasteiger partial charge is 0.256 e. The maximum atomic E-state index is 13.9. The van der Waals surface area contributed by atoms with Crippen LogP contribution in [0.15, 0.2) is 53.3 Å². The monoisotopic (exact) mass is 371 g/mol. The molecule has 0 aromatic heterocycles. The lowest BCUT2D eigenvalue weighted by atomic mass is 9.89. The van der Waals surface area contributed by atoms with E-state index >= 15 is 0 Å². The highest BCUT2D eigenvalue weighted by atomic mass is 19.1. The molecule has 140 valence electrons. The fourth-order valence-corrected chi connectivity index (χ4v) is 3.06. The highest BCUT2D eigenvalue weighted by Gasteiger charge is 2.43. The molecule has 2 aromatic rings. The van der Waals surface area contributed by atoms with Gasteiger partial charge < -0.3 is 14.2 Å². The molecule has 1 aliphatic rings. The van der Waals surface area contributed by atoms with Crippen molar-refractivity contribution in [2.24, 2.45) is 0 Å². The predicted molar refractivity (Wildman–Crippen MR) is 98.1 cm³/mol. The van der Waals surface area contributed by atoms with Gasteiger partial charge in [0.15, 0.2) is 17.3 Å². The van der Waals surface area contributed by atoms with Crippen LogP contribution >= 0.6 is 0 Å². The summed E-state index contributed by atoms with van der Waals surface area (Å²) >= 11 is 0. The Morgan fingerprint density at radius 3 is 2.19 bits per heavy atom. The Balaban J connectivity index is 2.12. The number of nitrogens with zero attached hydrogens (tertiary/aromatic N) is 1. The lowest BCUT2D eigenvalue weighted by Gasteiger charge is -2.42. The van der Waals surface area contributed by atoms with E-state index in [1.54, 1.807) is 18.2 Å². The summed E-state index contributed by atoms with van der Waals surface area (Å²) in [7, 11) is 4.42. The Hall–Kier alpha value is -3.35. The predicted octanol–water partition coefficient (Wildman–Crippen LogP) is 2.86. The number of hydrogen-bond acceptors (Lipinski definition) is 5. The lowest BCUT2D eigenvalue weighted by Crippen LogP contribution is -2.48. The number of amides is 1. The van der Waals surface area contributed by atoms with Gasteiger partial charge in [0, 0.05) is 17.7 Å². The van der Waals surface area contributed by atoms with E-state index in [9.17, 15) is 14.0 Å². The average Bonchev–Trinajstić information content (AvgIpc) is 2.84. The van der Waals surface area contributed by atoms with Crippen molar-refractivity contribution in [1.29, 1.82) is 0 Å². The van der Waals surface area contributed by atoms with Crippen molar-refractivity contribution in [3.05, 3.63) is 70.2 Å². The Labute approximate surface area is 155 Å². The molecule has 0 saturated carbocycles. The molecule has 27 heavy (non-hydrogen) atoms. The van der Waals surface area contributed by atoms with E-state index in [0.29, 0.717) is 34.1 Å². The van der Waals surface area contributed by atoms with E-state index in [1.165, 1.54) is 32.3 Å². The number of benzene rings is 1. The minimum Gasteiger partial charge on any atom is -0.493 e. The zero-order valence-corrected chi connectivity index (χ0v) is 15.1. The van der Waals surface area contributed by atoms with Gasteiger partial charge in [0.2, 0.25) is 11.2 Å². The summed E-state index contributed by atoms with van der Waals surface area (Å²) in [6, 6.07) is 7.92. The Morgan fingerprint density at radius 2 is 1.63 bits per heavy atom. The number of halogens is 1. The van der Waals surface area contributed by atoms with Gasteiger partial charge in [0.05, 0.1) is 33.1 Å². The summed E-state index contributed by atoms with van der Waals surface area (Å²) in [5, 5.41) is 0. The van der Waals surface area contributed by atoms with Crippen LogP contribution in [0.2, 0.25) is 0 Å². The molecule has 2 aromatic carbocycles. The Morgan fingerprint density at radius 1 is 1.00 bits per heavy atom. The number of hydrogen-bond donors (Lipinski definition) is 0. The molecular weight excluding hydrogens is 353 g/mol. The van der Waals surface area contributed by atoms with Gasteiger partial charge in [0.1, 0.15) is 0 Å². The van der Waals surface area contributed by atoms with Gasteiger partial charge in [-0.15, -0.1) is 0 Å². The average molecular weight is 371 g/mol. The van der Waals surface area contributed by atoms with Crippen LogP contribution in [-0.2, 0) is 4.79 Å². The van der Waals surface area contributed by atoms with Crippen molar-refractivity contribution >= 4 is 11.6 Å². The number of ether oxygens (including phenoxy) is 3.